The predicted molar refractivity (Wildman–Crippen MR) is 119 cm³/mol. The number of fused-ring (bicyclic) bond motifs is 1. The van der Waals surface area contributed by atoms with Crippen molar-refractivity contribution < 1.29 is 0 Å². The summed E-state index contributed by atoms with van der Waals surface area (Å²) in [5, 5.41) is 16.3. The van der Waals surface area contributed by atoms with Gasteiger partial charge in [0.15, 0.2) is 0 Å². The molecule has 156 valence electrons. The van der Waals surface area contributed by atoms with Crippen LogP contribution in [-0.2, 0) is 0 Å². The standard InChI is InChI=1S/C24H30N6/c25-15-19-14-20(8-9-21(19)17-6-7-17)28-24-26-11-10-23(29-24)27-16-18-4-3-13-30-12-2-1-5-22(18)30/h8-11,14,17-18,22H,1-7,12-13,16H2,(H2,26,27,28,29). The maximum absolute atomic E-state index is 9.48. The highest BCUT2D eigenvalue weighted by Gasteiger charge is 2.32. The van der Waals surface area contributed by atoms with Crippen LogP contribution in [0.4, 0.5) is 17.5 Å². The Labute approximate surface area is 178 Å². The van der Waals surface area contributed by atoms with Crippen molar-refractivity contribution in [2.45, 2.75) is 56.9 Å². The summed E-state index contributed by atoms with van der Waals surface area (Å²) in [5.41, 5.74) is 2.79. The van der Waals surface area contributed by atoms with Crippen LogP contribution in [0.1, 0.15) is 62.0 Å². The van der Waals surface area contributed by atoms with Gasteiger partial charge in [0.05, 0.1) is 11.6 Å². The minimum atomic E-state index is 0.561. The van der Waals surface area contributed by atoms with Crippen LogP contribution in [0, 0.1) is 17.2 Å². The second kappa shape index (κ2) is 8.61. The van der Waals surface area contributed by atoms with Gasteiger partial charge in [-0.1, -0.05) is 12.5 Å². The smallest absolute Gasteiger partial charge is 0.229 e. The van der Waals surface area contributed by atoms with E-state index in [1.54, 1.807) is 6.20 Å². The molecule has 1 aliphatic carbocycles. The van der Waals surface area contributed by atoms with E-state index in [0.717, 1.165) is 29.7 Å². The minimum Gasteiger partial charge on any atom is -0.370 e. The van der Waals surface area contributed by atoms with E-state index in [9.17, 15) is 5.26 Å². The Morgan fingerprint density at radius 3 is 2.83 bits per heavy atom. The average molecular weight is 403 g/mol. The van der Waals surface area contributed by atoms with Crippen LogP contribution < -0.4 is 10.6 Å². The van der Waals surface area contributed by atoms with E-state index < -0.39 is 0 Å². The number of aromatic nitrogens is 2. The molecule has 6 nitrogen and oxygen atoms in total. The maximum atomic E-state index is 9.48. The quantitative estimate of drug-likeness (QED) is 0.733. The number of nitrogens with zero attached hydrogens (tertiary/aromatic N) is 4. The van der Waals surface area contributed by atoms with E-state index in [1.165, 1.54) is 63.6 Å². The number of benzene rings is 1. The van der Waals surface area contributed by atoms with Gasteiger partial charge in [0.25, 0.3) is 0 Å². The van der Waals surface area contributed by atoms with Gasteiger partial charge in [-0.2, -0.15) is 10.2 Å². The van der Waals surface area contributed by atoms with Crippen LogP contribution in [-0.4, -0.2) is 40.5 Å². The molecule has 0 amide bonds. The molecule has 0 bridgehead atoms. The maximum Gasteiger partial charge on any atom is 0.229 e. The van der Waals surface area contributed by atoms with Gasteiger partial charge < -0.3 is 15.5 Å². The molecule has 1 aromatic heterocycles. The first kappa shape index (κ1) is 19.3. The van der Waals surface area contributed by atoms with Gasteiger partial charge in [-0.25, -0.2) is 4.98 Å². The number of hydrogen-bond donors (Lipinski definition) is 2. The summed E-state index contributed by atoms with van der Waals surface area (Å²) in [7, 11) is 0. The molecule has 2 unspecified atom stereocenters. The fraction of sp³-hybridized carbons (Fsp3) is 0.542. The first-order chi connectivity index (χ1) is 14.8. The van der Waals surface area contributed by atoms with Crippen molar-refractivity contribution in [3.05, 3.63) is 41.6 Å². The van der Waals surface area contributed by atoms with E-state index in [1.807, 2.05) is 18.2 Å². The molecule has 2 saturated heterocycles. The normalized spacial score (nSPS) is 24.0. The van der Waals surface area contributed by atoms with Gasteiger partial charge >= 0.3 is 0 Å². The molecule has 3 fully saturated rings. The summed E-state index contributed by atoms with van der Waals surface area (Å²) >= 11 is 0. The predicted octanol–water partition coefficient (Wildman–Crippen LogP) is 4.65. The van der Waals surface area contributed by atoms with E-state index in [2.05, 4.69) is 37.6 Å². The third kappa shape index (κ3) is 4.27. The molecule has 2 aromatic rings. The zero-order valence-corrected chi connectivity index (χ0v) is 17.5. The Hall–Kier alpha value is -2.65. The van der Waals surface area contributed by atoms with Gasteiger partial charge in [-0.3, -0.25) is 0 Å². The van der Waals surface area contributed by atoms with Crippen molar-refractivity contribution in [1.82, 2.24) is 14.9 Å². The topological polar surface area (TPSA) is 76.9 Å². The highest BCUT2D eigenvalue weighted by atomic mass is 15.2. The SMILES string of the molecule is N#Cc1cc(Nc2nccc(NCC3CCCN4CCCCC34)n2)ccc1C1CC1. The van der Waals surface area contributed by atoms with Crippen LogP contribution >= 0.6 is 0 Å². The molecule has 2 N–H and O–H groups in total. The summed E-state index contributed by atoms with van der Waals surface area (Å²) in [4.78, 5) is 11.7. The fourth-order valence-corrected chi connectivity index (χ4v) is 5.18. The summed E-state index contributed by atoms with van der Waals surface area (Å²) in [5.74, 6) is 2.68. The number of rotatable bonds is 6. The molecule has 1 saturated carbocycles. The Bertz CT molecular complexity index is 930. The summed E-state index contributed by atoms with van der Waals surface area (Å²) < 4.78 is 0. The van der Waals surface area contributed by atoms with Gasteiger partial charge in [0.2, 0.25) is 5.95 Å². The first-order valence-electron chi connectivity index (χ1n) is 11.4. The lowest BCUT2D eigenvalue weighted by Crippen LogP contribution is -2.49. The largest absolute Gasteiger partial charge is 0.370 e. The Morgan fingerprint density at radius 2 is 1.97 bits per heavy atom. The summed E-state index contributed by atoms with van der Waals surface area (Å²) in [6.45, 7) is 3.51. The van der Waals surface area contributed by atoms with Gasteiger partial charge in [0, 0.05) is 24.5 Å². The molecule has 30 heavy (non-hydrogen) atoms. The van der Waals surface area contributed by atoms with Crippen molar-refractivity contribution in [2.75, 3.05) is 30.3 Å². The zero-order chi connectivity index (χ0) is 20.3. The second-order valence-corrected chi connectivity index (χ2v) is 8.96. The van der Waals surface area contributed by atoms with Crippen molar-refractivity contribution in [3.63, 3.8) is 0 Å². The van der Waals surface area contributed by atoms with Gasteiger partial charge in [-0.05, 0) is 87.2 Å². The Balaban J connectivity index is 1.23. The summed E-state index contributed by atoms with van der Waals surface area (Å²) in [6.07, 6.45) is 10.8. The fourth-order valence-electron chi connectivity index (χ4n) is 5.18. The van der Waals surface area contributed by atoms with Crippen molar-refractivity contribution >= 4 is 17.5 Å². The van der Waals surface area contributed by atoms with Crippen LogP contribution in [0.15, 0.2) is 30.5 Å². The van der Waals surface area contributed by atoms with E-state index in [0.29, 0.717) is 17.8 Å². The molecule has 2 aliphatic heterocycles. The number of nitrogens with one attached hydrogen (secondary N) is 2. The van der Waals surface area contributed by atoms with Gasteiger partial charge in [-0.15, -0.1) is 0 Å². The average Bonchev–Trinajstić information content (AvgIpc) is 3.63. The van der Waals surface area contributed by atoms with Crippen LogP contribution in [0.3, 0.4) is 0 Å². The molecular weight excluding hydrogens is 372 g/mol. The van der Waals surface area contributed by atoms with Crippen molar-refractivity contribution in [1.29, 1.82) is 5.26 Å². The molecule has 6 heteroatoms. The molecule has 3 aliphatic rings. The third-order valence-corrected chi connectivity index (χ3v) is 6.88. The van der Waals surface area contributed by atoms with Crippen molar-refractivity contribution in [2.24, 2.45) is 5.92 Å². The molecule has 0 spiro atoms. The minimum absolute atomic E-state index is 0.561. The van der Waals surface area contributed by atoms with E-state index in [-0.39, 0.29) is 0 Å². The zero-order valence-electron chi connectivity index (χ0n) is 17.5. The van der Waals surface area contributed by atoms with E-state index >= 15 is 0 Å². The lowest BCUT2D eigenvalue weighted by molar-refractivity contribution is 0.0649. The van der Waals surface area contributed by atoms with Crippen LogP contribution in [0.2, 0.25) is 0 Å². The van der Waals surface area contributed by atoms with Gasteiger partial charge in [0.1, 0.15) is 5.82 Å². The number of hydrogen-bond acceptors (Lipinski definition) is 6. The third-order valence-electron chi connectivity index (χ3n) is 6.88. The second-order valence-electron chi connectivity index (χ2n) is 8.96. The molecule has 5 rings (SSSR count). The number of nitriles is 1. The lowest BCUT2D eigenvalue weighted by atomic mass is 9.83. The first-order valence-corrected chi connectivity index (χ1v) is 11.4. The summed E-state index contributed by atoms with van der Waals surface area (Å²) in [6, 6.07) is 11.0. The lowest BCUT2D eigenvalue weighted by Gasteiger charge is -2.44. The van der Waals surface area contributed by atoms with Crippen molar-refractivity contribution in [3.8, 4) is 6.07 Å². The Morgan fingerprint density at radius 1 is 1.07 bits per heavy atom. The number of anilines is 3. The molecule has 3 heterocycles. The van der Waals surface area contributed by atoms with E-state index in [4.69, 9.17) is 0 Å². The molecule has 0 radical (unpaired) electrons. The van der Waals surface area contributed by atoms with Crippen LogP contribution in [0.25, 0.3) is 0 Å². The highest BCUT2D eigenvalue weighted by molar-refractivity contribution is 5.60. The monoisotopic (exact) mass is 402 g/mol. The molecule has 2 atom stereocenters. The Kier molecular flexibility index (Phi) is 5.54. The van der Waals surface area contributed by atoms with Crippen LogP contribution in [0.5, 0.6) is 0 Å². The molecular formula is C24H30N6. The highest BCUT2D eigenvalue weighted by Crippen LogP contribution is 2.42. The molecule has 1 aromatic carbocycles. The number of piperidine rings is 2.